The topological polar surface area (TPSA) is 87.9 Å². The number of hydrogen-bond donors (Lipinski definition) is 2. The lowest BCUT2D eigenvalue weighted by Gasteiger charge is -2.29. The van der Waals surface area contributed by atoms with Crippen LogP contribution in [0.25, 0.3) is 0 Å². The molecule has 14 heavy (non-hydrogen) atoms. The minimum absolute atomic E-state index is 0.0890. The monoisotopic (exact) mass is 195 g/mol. The number of hydrogen-bond acceptors (Lipinski definition) is 4. The summed E-state index contributed by atoms with van der Waals surface area (Å²) in [5, 5.41) is 9.77. The van der Waals surface area contributed by atoms with Gasteiger partial charge in [0, 0.05) is 19.1 Å². The van der Waals surface area contributed by atoms with Crippen LogP contribution in [0.2, 0.25) is 0 Å². The number of nitrogens with zero attached hydrogens (tertiary/aromatic N) is 3. The van der Waals surface area contributed by atoms with Crippen molar-refractivity contribution in [1.29, 1.82) is 0 Å². The van der Waals surface area contributed by atoms with Gasteiger partial charge in [-0.3, -0.25) is 4.79 Å². The van der Waals surface area contributed by atoms with Gasteiger partial charge in [0.15, 0.2) is 5.69 Å². The van der Waals surface area contributed by atoms with Gasteiger partial charge in [-0.2, -0.15) is 15.4 Å². The lowest BCUT2D eigenvalue weighted by molar-refractivity contribution is 0.0703. The highest BCUT2D eigenvalue weighted by atomic mass is 16.2. The molecule has 1 aliphatic heterocycles. The van der Waals surface area contributed by atoms with Gasteiger partial charge >= 0.3 is 0 Å². The van der Waals surface area contributed by atoms with Crippen molar-refractivity contribution in [3.8, 4) is 0 Å². The fraction of sp³-hybridized carbons (Fsp3) is 0.625. The molecule has 6 heteroatoms. The Kier molecular flexibility index (Phi) is 2.45. The van der Waals surface area contributed by atoms with Gasteiger partial charge in [-0.25, -0.2) is 0 Å². The minimum atomic E-state index is -0.0890. The highest BCUT2D eigenvalue weighted by Crippen LogP contribution is 2.10. The van der Waals surface area contributed by atoms with E-state index in [-0.39, 0.29) is 11.9 Å². The van der Waals surface area contributed by atoms with Gasteiger partial charge in [0.25, 0.3) is 5.91 Å². The molecule has 76 valence electrons. The molecule has 0 bridgehead atoms. The van der Waals surface area contributed by atoms with Crippen LogP contribution in [-0.4, -0.2) is 45.3 Å². The van der Waals surface area contributed by atoms with E-state index < -0.39 is 0 Å². The van der Waals surface area contributed by atoms with Crippen LogP contribution in [-0.2, 0) is 0 Å². The molecule has 0 unspecified atom stereocenters. The van der Waals surface area contributed by atoms with Crippen LogP contribution in [0, 0.1) is 0 Å². The van der Waals surface area contributed by atoms with Crippen molar-refractivity contribution in [2.75, 3.05) is 13.1 Å². The Morgan fingerprint density at radius 2 is 2.57 bits per heavy atom. The van der Waals surface area contributed by atoms with E-state index in [4.69, 9.17) is 5.73 Å². The zero-order valence-electron chi connectivity index (χ0n) is 7.81. The molecular formula is C8H13N5O. The molecule has 1 aliphatic rings. The van der Waals surface area contributed by atoms with Crippen LogP contribution >= 0.6 is 0 Å². The van der Waals surface area contributed by atoms with Gasteiger partial charge in [-0.1, -0.05) is 0 Å². The van der Waals surface area contributed by atoms with Crippen molar-refractivity contribution in [2.24, 2.45) is 5.73 Å². The second-order valence-corrected chi connectivity index (χ2v) is 3.51. The lowest BCUT2D eigenvalue weighted by Crippen LogP contribution is -2.45. The normalized spacial score (nSPS) is 22.4. The number of aromatic nitrogens is 3. The average molecular weight is 195 g/mol. The maximum Gasteiger partial charge on any atom is 0.276 e. The van der Waals surface area contributed by atoms with Crippen molar-refractivity contribution in [3.63, 3.8) is 0 Å². The molecule has 1 fully saturated rings. The minimum Gasteiger partial charge on any atom is -0.336 e. The molecule has 0 saturated carbocycles. The Bertz CT molecular complexity index is 310. The molecule has 2 rings (SSSR count). The number of rotatable bonds is 1. The first kappa shape index (κ1) is 9.14. The Morgan fingerprint density at radius 3 is 3.21 bits per heavy atom. The van der Waals surface area contributed by atoms with Gasteiger partial charge in [0.05, 0.1) is 6.20 Å². The van der Waals surface area contributed by atoms with Crippen molar-refractivity contribution >= 4 is 5.91 Å². The molecular weight excluding hydrogens is 182 g/mol. The van der Waals surface area contributed by atoms with E-state index in [2.05, 4.69) is 15.4 Å². The maximum absolute atomic E-state index is 11.8. The first-order valence-electron chi connectivity index (χ1n) is 4.68. The van der Waals surface area contributed by atoms with Crippen LogP contribution in [0.4, 0.5) is 0 Å². The van der Waals surface area contributed by atoms with Crippen LogP contribution in [0.3, 0.4) is 0 Å². The molecule has 0 aliphatic carbocycles. The Hall–Kier alpha value is -1.43. The largest absolute Gasteiger partial charge is 0.336 e. The smallest absolute Gasteiger partial charge is 0.276 e. The molecule has 0 radical (unpaired) electrons. The zero-order chi connectivity index (χ0) is 9.97. The molecule has 1 aromatic heterocycles. The van der Waals surface area contributed by atoms with Crippen molar-refractivity contribution in [2.45, 2.75) is 18.9 Å². The summed E-state index contributed by atoms with van der Waals surface area (Å²) in [6, 6.07) is 0.0969. The SMILES string of the molecule is N[C@@H]1CCCN(C(=O)c2cn[nH]n2)C1. The Balaban J connectivity index is 2.04. The molecule has 0 aromatic carbocycles. The van der Waals surface area contributed by atoms with Crippen molar-refractivity contribution < 1.29 is 4.79 Å². The third kappa shape index (κ3) is 1.74. The number of piperidine rings is 1. The van der Waals surface area contributed by atoms with Crippen molar-refractivity contribution in [3.05, 3.63) is 11.9 Å². The third-order valence-electron chi connectivity index (χ3n) is 2.38. The Labute approximate surface area is 81.5 Å². The molecule has 1 saturated heterocycles. The van der Waals surface area contributed by atoms with Crippen molar-refractivity contribution in [1.82, 2.24) is 20.3 Å². The maximum atomic E-state index is 11.8. The fourth-order valence-corrected chi connectivity index (χ4v) is 1.66. The van der Waals surface area contributed by atoms with Gasteiger partial charge in [-0.05, 0) is 12.8 Å². The molecule has 6 nitrogen and oxygen atoms in total. The number of amides is 1. The van der Waals surface area contributed by atoms with E-state index in [1.807, 2.05) is 0 Å². The van der Waals surface area contributed by atoms with E-state index in [9.17, 15) is 4.79 Å². The van der Waals surface area contributed by atoms with E-state index in [1.54, 1.807) is 4.90 Å². The van der Waals surface area contributed by atoms with E-state index in [0.717, 1.165) is 19.4 Å². The quantitative estimate of drug-likeness (QED) is 0.624. The standard InChI is InChI=1S/C8H13N5O/c9-6-2-1-3-13(5-6)8(14)7-4-10-12-11-7/h4,6H,1-3,5,9H2,(H,10,11,12)/t6-/m1/s1. The molecule has 1 amide bonds. The fourth-order valence-electron chi connectivity index (χ4n) is 1.66. The van der Waals surface area contributed by atoms with Gasteiger partial charge in [-0.15, -0.1) is 0 Å². The summed E-state index contributed by atoms with van der Waals surface area (Å²) in [4.78, 5) is 13.5. The zero-order valence-corrected chi connectivity index (χ0v) is 7.81. The highest BCUT2D eigenvalue weighted by Gasteiger charge is 2.23. The molecule has 3 N–H and O–H groups in total. The van der Waals surface area contributed by atoms with Gasteiger partial charge in [0.2, 0.25) is 0 Å². The molecule has 1 atom stereocenters. The lowest BCUT2D eigenvalue weighted by atomic mass is 10.1. The van der Waals surface area contributed by atoms with Crippen LogP contribution in [0.5, 0.6) is 0 Å². The van der Waals surface area contributed by atoms with E-state index in [0.29, 0.717) is 12.2 Å². The summed E-state index contributed by atoms with van der Waals surface area (Å²) in [6.45, 7) is 1.38. The van der Waals surface area contributed by atoms with Crippen LogP contribution in [0.1, 0.15) is 23.3 Å². The van der Waals surface area contributed by atoms with Crippen LogP contribution < -0.4 is 5.73 Å². The summed E-state index contributed by atoms with van der Waals surface area (Å²) in [5.74, 6) is -0.0890. The predicted octanol–water partition coefficient (Wildman–Crippen LogP) is -0.632. The molecule has 1 aromatic rings. The average Bonchev–Trinajstić information content (AvgIpc) is 2.69. The summed E-state index contributed by atoms with van der Waals surface area (Å²) in [7, 11) is 0. The first-order chi connectivity index (χ1) is 6.77. The van der Waals surface area contributed by atoms with Gasteiger partial charge in [0.1, 0.15) is 0 Å². The summed E-state index contributed by atoms with van der Waals surface area (Å²) >= 11 is 0. The number of nitrogens with one attached hydrogen (secondary N) is 1. The summed E-state index contributed by atoms with van der Waals surface area (Å²) < 4.78 is 0. The number of likely N-dealkylation sites (tertiary alicyclic amines) is 1. The molecule has 2 heterocycles. The molecule has 0 spiro atoms. The number of H-pyrrole nitrogens is 1. The van der Waals surface area contributed by atoms with E-state index in [1.165, 1.54) is 6.20 Å². The Morgan fingerprint density at radius 1 is 1.71 bits per heavy atom. The second-order valence-electron chi connectivity index (χ2n) is 3.51. The first-order valence-corrected chi connectivity index (χ1v) is 4.68. The number of carbonyl (C=O) groups excluding carboxylic acids is 1. The van der Waals surface area contributed by atoms with E-state index >= 15 is 0 Å². The van der Waals surface area contributed by atoms with Gasteiger partial charge < -0.3 is 10.6 Å². The number of carbonyl (C=O) groups is 1. The predicted molar refractivity (Wildman–Crippen MR) is 49.5 cm³/mol. The summed E-state index contributed by atoms with van der Waals surface area (Å²) in [5.41, 5.74) is 6.14. The third-order valence-corrected chi connectivity index (χ3v) is 2.38. The van der Waals surface area contributed by atoms with Crippen LogP contribution in [0.15, 0.2) is 6.20 Å². The highest BCUT2D eigenvalue weighted by molar-refractivity contribution is 5.91. The summed E-state index contributed by atoms with van der Waals surface area (Å²) in [6.07, 6.45) is 3.38. The second kappa shape index (κ2) is 3.75. The number of nitrogens with two attached hydrogens (primary N) is 1. The number of aromatic amines is 1.